The van der Waals surface area contributed by atoms with E-state index in [-0.39, 0.29) is 5.91 Å². The number of nitrogens with one attached hydrogen (secondary N) is 1. The van der Waals surface area contributed by atoms with Gasteiger partial charge in [-0.3, -0.25) is 9.78 Å². The first-order valence-corrected chi connectivity index (χ1v) is 5.25. The second kappa shape index (κ2) is 4.65. The first-order valence-electron chi connectivity index (χ1n) is 5.25. The van der Waals surface area contributed by atoms with E-state index in [0.717, 1.165) is 11.3 Å². The van der Waals surface area contributed by atoms with Gasteiger partial charge in [0.25, 0.3) is 5.91 Å². The summed E-state index contributed by atoms with van der Waals surface area (Å²) in [4.78, 5) is 15.8. The molecular formula is C13H13N3O. The van der Waals surface area contributed by atoms with Gasteiger partial charge in [-0.1, -0.05) is 12.1 Å². The molecule has 2 rings (SSSR count). The largest absolute Gasteiger partial charge is 0.399 e. The van der Waals surface area contributed by atoms with Crippen LogP contribution in [0, 0.1) is 6.92 Å². The highest BCUT2D eigenvalue weighted by Gasteiger charge is 2.07. The lowest BCUT2D eigenvalue weighted by atomic mass is 10.2. The van der Waals surface area contributed by atoms with E-state index in [0.29, 0.717) is 11.4 Å². The predicted octanol–water partition coefficient (Wildman–Crippen LogP) is 2.22. The average molecular weight is 227 g/mol. The number of benzene rings is 1. The molecule has 0 atom stereocenters. The third-order valence-electron chi connectivity index (χ3n) is 2.29. The fraction of sp³-hybridized carbons (Fsp3) is 0.0769. The predicted molar refractivity (Wildman–Crippen MR) is 67.8 cm³/mol. The zero-order valence-electron chi connectivity index (χ0n) is 9.47. The number of amides is 1. The van der Waals surface area contributed by atoms with E-state index in [9.17, 15) is 4.79 Å². The van der Waals surface area contributed by atoms with Crippen LogP contribution in [0.3, 0.4) is 0 Å². The number of pyridine rings is 1. The molecule has 1 aromatic heterocycles. The molecule has 1 aromatic carbocycles. The standard InChI is InChI=1S/C13H13N3O/c1-9-3-2-4-11(7-9)16-13(17)12-8-10(14)5-6-15-12/h2-8H,1H3,(H2,14,15)(H,16,17). The van der Waals surface area contributed by atoms with Crippen LogP contribution >= 0.6 is 0 Å². The molecule has 1 amide bonds. The molecule has 0 spiro atoms. The monoisotopic (exact) mass is 227 g/mol. The number of aryl methyl sites for hydroxylation is 1. The van der Waals surface area contributed by atoms with Crippen molar-refractivity contribution in [1.82, 2.24) is 4.98 Å². The maximum Gasteiger partial charge on any atom is 0.274 e. The van der Waals surface area contributed by atoms with Crippen LogP contribution in [-0.2, 0) is 0 Å². The Bertz CT molecular complexity index is 552. The summed E-state index contributed by atoms with van der Waals surface area (Å²) in [6.07, 6.45) is 1.51. The summed E-state index contributed by atoms with van der Waals surface area (Å²) in [5.74, 6) is -0.261. The molecule has 1 heterocycles. The van der Waals surface area contributed by atoms with E-state index in [1.165, 1.54) is 6.20 Å². The highest BCUT2D eigenvalue weighted by atomic mass is 16.1. The Labute approximate surface area is 99.5 Å². The number of nitrogens with zero attached hydrogens (tertiary/aromatic N) is 1. The molecule has 4 nitrogen and oxygen atoms in total. The van der Waals surface area contributed by atoms with Crippen LogP contribution in [0.2, 0.25) is 0 Å². The maximum absolute atomic E-state index is 11.8. The summed E-state index contributed by atoms with van der Waals surface area (Å²) in [5.41, 5.74) is 8.26. The van der Waals surface area contributed by atoms with Crippen molar-refractivity contribution in [2.45, 2.75) is 6.92 Å². The lowest BCUT2D eigenvalue weighted by molar-refractivity contribution is 0.102. The molecule has 0 aliphatic heterocycles. The quantitative estimate of drug-likeness (QED) is 0.826. The number of anilines is 2. The van der Waals surface area contributed by atoms with E-state index in [4.69, 9.17) is 5.73 Å². The normalized spacial score (nSPS) is 9.94. The molecule has 0 radical (unpaired) electrons. The molecule has 0 saturated carbocycles. The van der Waals surface area contributed by atoms with Gasteiger partial charge >= 0.3 is 0 Å². The summed E-state index contributed by atoms with van der Waals surface area (Å²) in [6.45, 7) is 1.97. The highest BCUT2D eigenvalue weighted by molar-refractivity contribution is 6.03. The molecule has 0 unspecified atom stereocenters. The number of carbonyl (C=O) groups is 1. The van der Waals surface area contributed by atoms with Crippen molar-refractivity contribution in [3.8, 4) is 0 Å². The van der Waals surface area contributed by atoms with Gasteiger partial charge in [0, 0.05) is 17.6 Å². The van der Waals surface area contributed by atoms with Crippen molar-refractivity contribution >= 4 is 17.3 Å². The summed E-state index contributed by atoms with van der Waals surface area (Å²) in [6, 6.07) is 10.8. The number of hydrogen-bond donors (Lipinski definition) is 2. The lowest BCUT2D eigenvalue weighted by Crippen LogP contribution is -2.13. The second-order valence-corrected chi connectivity index (χ2v) is 3.80. The minimum absolute atomic E-state index is 0.261. The van der Waals surface area contributed by atoms with Gasteiger partial charge in [-0.25, -0.2) is 0 Å². The second-order valence-electron chi connectivity index (χ2n) is 3.80. The van der Waals surface area contributed by atoms with Crippen molar-refractivity contribution in [3.05, 3.63) is 53.9 Å². The molecule has 0 fully saturated rings. The summed E-state index contributed by atoms with van der Waals surface area (Å²) < 4.78 is 0. The SMILES string of the molecule is Cc1cccc(NC(=O)c2cc(N)ccn2)c1. The van der Waals surface area contributed by atoms with Crippen LogP contribution in [0.4, 0.5) is 11.4 Å². The minimum Gasteiger partial charge on any atom is -0.399 e. The number of nitrogen functional groups attached to an aromatic ring is 1. The lowest BCUT2D eigenvalue weighted by Gasteiger charge is -2.05. The first-order chi connectivity index (χ1) is 8.15. The van der Waals surface area contributed by atoms with Gasteiger partial charge in [-0.2, -0.15) is 0 Å². The molecule has 17 heavy (non-hydrogen) atoms. The fourth-order valence-corrected chi connectivity index (χ4v) is 1.49. The molecule has 86 valence electrons. The van der Waals surface area contributed by atoms with Crippen LogP contribution in [0.15, 0.2) is 42.6 Å². The van der Waals surface area contributed by atoms with Gasteiger partial charge in [0.15, 0.2) is 0 Å². The van der Waals surface area contributed by atoms with Crippen molar-refractivity contribution in [2.24, 2.45) is 0 Å². The minimum atomic E-state index is -0.261. The Hall–Kier alpha value is -2.36. The Kier molecular flexibility index (Phi) is 3.05. The average Bonchev–Trinajstić information content (AvgIpc) is 2.29. The van der Waals surface area contributed by atoms with Crippen LogP contribution in [0.25, 0.3) is 0 Å². The summed E-state index contributed by atoms with van der Waals surface area (Å²) in [5, 5.41) is 2.77. The Morgan fingerprint density at radius 3 is 2.82 bits per heavy atom. The number of nitrogens with two attached hydrogens (primary N) is 1. The van der Waals surface area contributed by atoms with Gasteiger partial charge in [-0.05, 0) is 36.8 Å². The van der Waals surface area contributed by atoms with Crippen molar-refractivity contribution in [1.29, 1.82) is 0 Å². The molecule has 0 saturated heterocycles. The van der Waals surface area contributed by atoms with Crippen molar-refractivity contribution in [3.63, 3.8) is 0 Å². The van der Waals surface area contributed by atoms with Crippen LogP contribution in [0.5, 0.6) is 0 Å². The maximum atomic E-state index is 11.8. The van der Waals surface area contributed by atoms with E-state index in [2.05, 4.69) is 10.3 Å². The Balaban J connectivity index is 2.17. The van der Waals surface area contributed by atoms with Crippen LogP contribution < -0.4 is 11.1 Å². The first kappa shape index (κ1) is 11.1. The molecule has 2 aromatic rings. The van der Waals surface area contributed by atoms with E-state index < -0.39 is 0 Å². The van der Waals surface area contributed by atoms with Crippen molar-refractivity contribution < 1.29 is 4.79 Å². The molecule has 0 aliphatic rings. The van der Waals surface area contributed by atoms with E-state index in [1.54, 1.807) is 12.1 Å². The van der Waals surface area contributed by atoms with Gasteiger partial charge in [0.1, 0.15) is 5.69 Å². The van der Waals surface area contributed by atoms with Crippen molar-refractivity contribution in [2.75, 3.05) is 11.1 Å². The third-order valence-corrected chi connectivity index (χ3v) is 2.29. The topological polar surface area (TPSA) is 68.0 Å². The molecule has 4 heteroatoms. The Morgan fingerprint density at radius 2 is 2.12 bits per heavy atom. The highest BCUT2D eigenvalue weighted by Crippen LogP contribution is 2.11. The molecular weight excluding hydrogens is 214 g/mol. The van der Waals surface area contributed by atoms with Gasteiger partial charge in [0.2, 0.25) is 0 Å². The number of hydrogen-bond acceptors (Lipinski definition) is 3. The van der Waals surface area contributed by atoms with Gasteiger partial charge in [0.05, 0.1) is 0 Å². The fourth-order valence-electron chi connectivity index (χ4n) is 1.49. The third kappa shape index (κ3) is 2.81. The Morgan fingerprint density at radius 1 is 1.29 bits per heavy atom. The zero-order valence-corrected chi connectivity index (χ0v) is 9.47. The number of carbonyl (C=O) groups excluding carboxylic acids is 1. The van der Waals surface area contributed by atoms with Crippen LogP contribution in [-0.4, -0.2) is 10.9 Å². The molecule has 0 aliphatic carbocycles. The molecule has 3 N–H and O–H groups in total. The molecule has 0 bridgehead atoms. The van der Waals surface area contributed by atoms with Gasteiger partial charge in [-0.15, -0.1) is 0 Å². The summed E-state index contributed by atoms with van der Waals surface area (Å²) in [7, 11) is 0. The number of aromatic nitrogens is 1. The van der Waals surface area contributed by atoms with Gasteiger partial charge < -0.3 is 11.1 Å². The smallest absolute Gasteiger partial charge is 0.274 e. The van der Waals surface area contributed by atoms with Crippen LogP contribution in [0.1, 0.15) is 16.1 Å². The number of rotatable bonds is 2. The zero-order chi connectivity index (χ0) is 12.3. The van der Waals surface area contributed by atoms with E-state index >= 15 is 0 Å². The van der Waals surface area contributed by atoms with E-state index in [1.807, 2.05) is 31.2 Å². The summed E-state index contributed by atoms with van der Waals surface area (Å²) >= 11 is 0.